The van der Waals surface area contributed by atoms with Crippen LogP contribution >= 0.6 is 0 Å². The summed E-state index contributed by atoms with van der Waals surface area (Å²) in [5, 5.41) is 3.86. The molecule has 25 heavy (non-hydrogen) atoms. The van der Waals surface area contributed by atoms with Gasteiger partial charge in [0, 0.05) is 49.7 Å². The molecule has 4 nitrogen and oxygen atoms in total. The zero-order chi connectivity index (χ0) is 17.7. The molecule has 3 rings (SSSR count). The van der Waals surface area contributed by atoms with Crippen LogP contribution in [0.3, 0.4) is 0 Å². The maximum Gasteiger partial charge on any atom is 0.0594 e. The Kier molecular flexibility index (Phi) is 6.50. The third-order valence-corrected chi connectivity index (χ3v) is 6.26. The Labute approximate surface area is 152 Å². The fourth-order valence-electron chi connectivity index (χ4n) is 4.03. The maximum atomic E-state index is 5.69. The van der Waals surface area contributed by atoms with Crippen molar-refractivity contribution in [3.63, 3.8) is 0 Å². The molecule has 0 saturated carbocycles. The highest BCUT2D eigenvalue weighted by atomic mass is 16.5. The van der Waals surface area contributed by atoms with Crippen LogP contribution in [0, 0.1) is 5.92 Å². The van der Waals surface area contributed by atoms with Crippen LogP contribution in [0.15, 0.2) is 30.3 Å². The van der Waals surface area contributed by atoms with Gasteiger partial charge in [0.1, 0.15) is 0 Å². The van der Waals surface area contributed by atoms with Crippen molar-refractivity contribution in [2.24, 2.45) is 5.92 Å². The molecule has 4 heteroatoms. The normalized spacial score (nSPS) is 25.0. The lowest BCUT2D eigenvalue weighted by atomic mass is 9.78. The molecule has 140 valence electrons. The van der Waals surface area contributed by atoms with E-state index in [9.17, 15) is 0 Å². The minimum Gasteiger partial charge on any atom is -0.381 e. The van der Waals surface area contributed by atoms with Gasteiger partial charge in [0.15, 0.2) is 0 Å². The molecule has 2 aliphatic rings. The first-order chi connectivity index (χ1) is 12.1. The van der Waals surface area contributed by atoms with Crippen LogP contribution in [0.2, 0.25) is 0 Å². The lowest BCUT2D eigenvalue weighted by Crippen LogP contribution is -2.54. The van der Waals surface area contributed by atoms with Gasteiger partial charge in [-0.25, -0.2) is 0 Å². The van der Waals surface area contributed by atoms with Crippen LogP contribution in [-0.2, 0) is 14.9 Å². The van der Waals surface area contributed by atoms with Crippen molar-refractivity contribution in [3.05, 3.63) is 35.9 Å². The smallest absolute Gasteiger partial charge is 0.0594 e. The highest BCUT2D eigenvalue weighted by Crippen LogP contribution is 2.28. The van der Waals surface area contributed by atoms with Crippen molar-refractivity contribution >= 4 is 0 Å². The molecule has 2 aliphatic heterocycles. The first-order valence-electron chi connectivity index (χ1n) is 9.77. The molecular formula is C21H34N2O2. The Morgan fingerprint density at radius 2 is 1.84 bits per heavy atom. The van der Waals surface area contributed by atoms with Gasteiger partial charge >= 0.3 is 0 Å². The maximum absolute atomic E-state index is 5.69. The van der Waals surface area contributed by atoms with Gasteiger partial charge in [-0.3, -0.25) is 4.90 Å². The highest BCUT2D eigenvalue weighted by Gasteiger charge is 2.33. The number of ether oxygens (including phenoxy) is 2. The van der Waals surface area contributed by atoms with Crippen molar-refractivity contribution in [1.29, 1.82) is 0 Å². The SMILES string of the molecule is C[C@H](NC[C@H]([C@H]1CCOC1)N1CCOCC1)C(C)(C)c1ccccc1. The summed E-state index contributed by atoms with van der Waals surface area (Å²) in [6.07, 6.45) is 1.18. The summed E-state index contributed by atoms with van der Waals surface area (Å²) in [6, 6.07) is 11.8. The molecule has 0 bridgehead atoms. The number of nitrogens with one attached hydrogen (secondary N) is 1. The minimum atomic E-state index is 0.100. The van der Waals surface area contributed by atoms with Crippen LogP contribution < -0.4 is 5.32 Å². The van der Waals surface area contributed by atoms with E-state index in [1.165, 1.54) is 12.0 Å². The lowest BCUT2D eigenvalue weighted by molar-refractivity contribution is 0.000430. The molecule has 0 unspecified atom stereocenters. The molecule has 1 N–H and O–H groups in total. The number of morpholine rings is 1. The van der Waals surface area contributed by atoms with E-state index in [1.807, 2.05) is 0 Å². The summed E-state index contributed by atoms with van der Waals surface area (Å²) in [4.78, 5) is 2.61. The summed E-state index contributed by atoms with van der Waals surface area (Å²) in [5.74, 6) is 0.637. The van der Waals surface area contributed by atoms with Gasteiger partial charge in [0.25, 0.3) is 0 Å². The highest BCUT2D eigenvalue weighted by molar-refractivity contribution is 5.25. The molecule has 3 atom stereocenters. The van der Waals surface area contributed by atoms with Gasteiger partial charge in [-0.15, -0.1) is 0 Å². The summed E-state index contributed by atoms with van der Waals surface area (Å²) < 4.78 is 11.2. The Morgan fingerprint density at radius 3 is 2.48 bits per heavy atom. The molecule has 2 heterocycles. The number of benzene rings is 1. The number of rotatable bonds is 7. The molecule has 1 aromatic rings. The van der Waals surface area contributed by atoms with Crippen LogP contribution in [-0.4, -0.2) is 63.0 Å². The van der Waals surface area contributed by atoms with Crippen molar-refractivity contribution < 1.29 is 9.47 Å². The van der Waals surface area contributed by atoms with Crippen LogP contribution in [0.4, 0.5) is 0 Å². The topological polar surface area (TPSA) is 33.7 Å². The number of hydrogen-bond acceptors (Lipinski definition) is 4. The van der Waals surface area contributed by atoms with Gasteiger partial charge in [0.2, 0.25) is 0 Å². The average Bonchev–Trinajstić information content (AvgIpc) is 3.18. The van der Waals surface area contributed by atoms with E-state index in [0.717, 1.165) is 46.1 Å². The van der Waals surface area contributed by atoms with E-state index < -0.39 is 0 Å². The van der Waals surface area contributed by atoms with E-state index >= 15 is 0 Å². The van der Waals surface area contributed by atoms with Gasteiger partial charge in [0.05, 0.1) is 19.8 Å². The first-order valence-corrected chi connectivity index (χ1v) is 9.77. The Bertz CT molecular complexity index is 508. The van der Waals surface area contributed by atoms with E-state index in [1.54, 1.807) is 0 Å². The lowest BCUT2D eigenvalue weighted by Gasteiger charge is -2.40. The molecule has 0 radical (unpaired) electrons. The fourth-order valence-corrected chi connectivity index (χ4v) is 4.03. The molecular weight excluding hydrogens is 312 g/mol. The molecule has 2 saturated heterocycles. The van der Waals surface area contributed by atoms with Gasteiger partial charge in [-0.1, -0.05) is 44.2 Å². The molecule has 0 aliphatic carbocycles. The van der Waals surface area contributed by atoms with Crippen molar-refractivity contribution in [1.82, 2.24) is 10.2 Å². The molecule has 0 amide bonds. The van der Waals surface area contributed by atoms with Crippen LogP contribution in [0.1, 0.15) is 32.8 Å². The zero-order valence-corrected chi connectivity index (χ0v) is 16.0. The Balaban J connectivity index is 1.63. The standard InChI is InChI=1S/C21H34N2O2/c1-17(21(2,3)19-7-5-4-6-8-19)22-15-20(18-9-12-25-16-18)23-10-13-24-14-11-23/h4-8,17-18,20,22H,9-16H2,1-3H3/t17-,18-,20+/m0/s1. The number of hydrogen-bond donors (Lipinski definition) is 1. The summed E-state index contributed by atoms with van der Waals surface area (Å²) >= 11 is 0. The molecule has 0 aromatic heterocycles. The van der Waals surface area contributed by atoms with E-state index in [4.69, 9.17) is 9.47 Å². The quantitative estimate of drug-likeness (QED) is 0.823. The molecule has 1 aromatic carbocycles. The first kappa shape index (κ1) is 18.8. The Hall–Kier alpha value is -0.940. The molecule has 0 spiro atoms. The van der Waals surface area contributed by atoms with E-state index in [0.29, 0.717) is 18.0 Å². The van der Waals surface area contributed by atoms with Crippen LogP contribution in [0.5, 0.6) is 0 Å². The summed E-state index contributed by atoms with van der Waals surface area (Å²) in [7, 11) is 0. The summed E-state index contributed by atoms with van der Waals surface area (Å²) in [5.41, 5.74) is 1.49. The zero-order valence-electron chi connectivity index (χ0n) is 16.0. The van der Waals surface area contributed by atoms with Crippen molar-refractivity contribution in [2.75, 3.05) is 46.1 Å². The van der Waals surface area contributed by atoms with Crippen molar-refractivity contribution in [3.8, 4) is 0 Å². The van der Waals surface area contributed by atoms with Crippen molar-refractivity contribution in [2.45, 2.75) is 44.7 Å². The second-order valence-corrected chi connectivity index (χ2v) is 8.06. The van der Waals surface area contributed by atoms with Gasteiger partial charge in [-0.2, -0.15) is 0 Å². The average molecular weight is 347 g/mol. The fraction of sp³-hybridized carbons (Fsp3) is 0.714. The second kappa shape index (κ2) is 8.63. The van der Waals surface area contributed by atoms with Crippen LogP contribution in [0.25, 0.3) is 0 Å². The van der Waals surface area contributed by atoms with E-state index in [2.05, 4.69) is 61.3 Å². The monoisotopic (exact) mass is 346 g/mol. The largest absolute Gasteiger partial charge is 0.381 e. The predicted molar refractivity (Wildman–Crippen MR) is 102 cm³/mol. The third kappa shape index (κ3) is 4.62. The predicted octanol–water partition coefficient (Wildman–Crippen LogP) is 2.68. The summed E-state index contributed by atoms with van der Waals surface area (Å²) in [6.45, 7) is 13.6. The molecule has 2 fully saturated rings. The van der Waals surface area contributed by atoms with E-state index in [-0.39, 0.29) is 5.41 Å². The second-order valence-electron chi connectivity index (χ2n) is 8.06. The van der Waals surface area contributed by atoms with Gasteiger partial charge < -0.3 is 14.8 Å². The van der Waals surface area contributed by atoms with Gasteiger partial charge in [-0.05, 0) is 18.9 Å². The Morgan fingerprint density at radius 1 is 1.12 bits per heavy atom. The third-order valence-electron chi connectivity index (χ3n) is 6.26. The number of nitrogens with zero attached hydrogens (tertiary/aromatic N) is 1. The minimum absolute atomic E-state index is 0.100.